The van der Waals surface area contributed by atoms with E-state index < -0.39 is 0 Å². The highest BCUT2D eigenvalue weighted by atomic mass is 16.5. The van der Waals surface area contributed by atoms with Crippen LogP contribution < -0.4 is 4.90 Å². The third-order valence-electron chi connectivity index (χ3n) is 6.01. The summed E-state index contributed by atoms with van der Waals surface area (Å²) < 4.78 is 11.9. The Kier molecular flexibility index (Phi) is 4.96. The molecule has 1 saturated heterocycles. The fourth-order valence-corrected chi connectivity index (χ4v) is 4.34. The number of rotatable bonds is 4. The van der Waals surface area contributed by atoms with Crippen LogP contribution in [0.15, 0.2) is 41.3 Å². The molecule has 0 saturated carbocycles. The first kappa shape index (κ1) is 19.1. The molecule has 0 aromatic carbocycles. The fourth-order valence-electron chi connectivity index (χ4n) is 4.34. The van der Waals surface area contributed by atoms with Gasteiger partial charge < -0.3 is 14.2 Å². The summed E-state index contributed by atoms with van der Waals surface area (Å²) in [6, 6.07) is 5.89. The van der Waals surface area contributed by atoms with Crippen LogP contribution in [0.1, 0.15) is 29.9 Å². The molecular formula is C22H26N6O2. The van der Waals surface area contributed by atoms with Crippen molar-refractivity contribution in [3.05, 3.63) is 53.8 Å². The van der Waals surface area contributed by atoms with Crippen LogP contribution in [-0.4, -0.2) is 58.8 Å². The monoisotopic (exact) mass is 406 g/mol. The van der Waals surface area contributed by atoms with Crippen molar-refractivity contribution in [3.8, 4) is 11.3 Å². The second-order valence-electron chi connectivity index (χ2n) is 8.22. The van der Waals surface area contributed by atoms with Crippen molar-refractivity contribution >= 4 is 5.95 Å². The van der Waals surface area contributed by atoms with E-state index in [2.05, 4.69) is 20.0 Å². The lowest BCUT2D eigenvalue weighted by atomic mass is 9.83. The molecule has 1 fully saturated rings. The first-order valence-corrected chi connectivity index (χ1v) is 10.4. The van der Waals surface area contributed by atoms with E-state index in [1.807, 2.05) is 43.4 Å². The predicted molar refractivity (Wildman–Crippen MR) is 112 cm³/mol. The highest BCUT2D eigenvalue weighted by Gasteiger charge is 2.42. The summed E-state index contributed by atoms with van der Waals surface area (Å²) in [5.41, 5.74) is 3.85. The number of hydrogen-bond acceptors (Lipinski definition) is 8. The molecule has 0 bridgehead atoms. The van der Waals surface area contributed by atoms with Gasteiger partial charge in [-0.05, 0) is 37.0 Å². The summed E-state index contributed by atoms with van der Waals surface area (Å²) in [6.07, 6.45) is 8.21. The van der Waals surface area contributed by atoms with Crippen LogP contribution in [-0.2, 0) is 23.3 Å². The van der Waals surface area contributed by atoms with Gasteiger partial charge in [-0.3, -0.25) is 9.88 Å². The minimum atomic E-state index is -0.304. The number of anilines is 1. The Balaban J connectivity index is 1.29. The topological polar surface area (TPSA) is 80.4 Å². The van der Waals surface area contributed by atoms with E-state index in [1.54, 1.807) is 12.4 Å². The Hall–Kier alpha value is -2.84. The van der Waals surface area contributed by atoms with E-state index in [0.29, 0.717) is 0 Å². The van der Waals surface area contributed by atoms with Gasteiger partial charge in [0.2, 0.25) is 5.95 Å². The van der Waals surface area contributed by atoms with Crippen molar-refractivity contribution in [2.45, 2.75) is 31.4 Å². The van der Waals surface area contributed by atoms with Gasteiger partial charge >= 0.3 is 0 Å². The molecule has 8 heteroatoms. The van der Waals surface area contributed by atoms with Crippen molar-refractivity contribution < 1.29 is 9.26 Å². The van der Waals surface area contributed by atoms with Crippen molar-refractivity contribution in [1.82, 2.24) is 25.0 Å². The number of aromatic nitrogens is 4. The van der Waals surface area contributed by atoms with Crippen molar-refractivity contribution in [2.24, 2.45) is 0 Å². The van der Waals surface area contributed by atoms with Gasteiger partial charge in [0.25, 0.3) is 0 Å². The first-order valence-electron chi connectivity index (χ1n) is 10.4. The smallest absolute Gasteiger partial charge is 0.225 e. The maximum atomic E-state index is 6.35. The Morgan fingerprint density at radius 3 is 2.73 bits per heavy atom. The number of hydrogen-bond donors (Lipinski definition) is 0. The number of nitrogens with zero attached hydrogens (tertiary/aromatic N) is 6. The van der Waals surface area contributed by atoms with Crippen molar-refractivity contribution in [2.75, 3.05) is 38.7 Å². The van der Waals surface area contributed by atoms with Gasteiger partial charge in [-0.1, -0.05) is 5.16 Å². The van der Waals surface area contributed by atoms with Crippen LogP contribution in [0, 0.1) is 0 Å². The van der Waals surface area contributed by atoms with Crippen LogP contribution in [0.5, 0.6) is 0 Å². The summed E-state index contributed by atoms with van der Waals surface area (Å²) in [6.45, 7) is 3.32. The molecule has 0 amide bonds. The Morgan fingerprint density at radius 2 is 1.97 bits per heavy atom. The zero-order valence-corrected chi connectivity index (χ0v) is 17.4. The number of piperidine rings is 1. The molecule has 5 rings (SSSR count). The molecule has 3 aromatic rings. The van der Waals surface area contributed by atoms with Crippen LogP contribution in [0.4, 0.5) is 5.95 Å². The van der Waals surface area contributed by atoms with Crippen LogP contribution in [0.3, 0.4) is 0 Å². The largest absolute Gasteiger partial charge is 0.368 e. The molecule has 30 heavy (non-hydrogen) atoms. The summed E-state index contributed by atoms with van der Waals surface area (Å²) >= 11 is 0. The lowest BCUT2D eigenvalue weighted by molar-refractivity contribution is -0.103. The van der Waals surface area contributed by atoms with Gasteiger partial charge in [-0.15, -0.1) is 0 Å². The van der Waals surface area contributed by atoms with E-state index >= 15 is 0 Å². The minimum Gasteiger partial charge on any atom is -0.368 e. The molecule has 0 unspecified atom stereocenters. The second-order valence-corrected chi connectivity index (χ2v) is 8.22. The maximum Gasteiger partial charge on any atom is 0.225 e. The van der Waals surface area contributed by atoms with Gasteiger partial charge in [-0.2, -0.15) is 0 Å². The fraction of sp³-hybridized carbons (Fsp3) is 0.455. The number of likely N-dealkylation sites (tertiary alicyclic amines) is 1. The highest BCUT2D eigenvalue weighted by molar-refractivity contribution is 5.57. The van der Waals surface area contributed by atoms with Gasteiger partial charge in [0.15, 0.2) is 5.76 Å². The van der Waals surface area contributed by atoms with Gasteiger partial charge in [0.1, 0.15) is 11.3 Å². The minimum absolute atomic E-state index is 0.304. The van der Waals surface area contributed by atoms with E-state index in [0.717, 1.165) is 74.2 Å². The molecule has 0 aliphatic carbocycles. The van der Waals surface area contributed by atoms with Crippen molar-refractivity contribution in [1.29, 1.82) is 0 Å². The molecule has 0 N–H and O–H groups in total. The van der Waals surface area contributed by atoms with E-state index in [1.165, 1.54) is 5.56 Å². The highest BCUT2D eigenvalue weighted by Crippen LogP contribution is 2.41. The van der Waals surface area contributed by atoms with Gasteiger partial charge in [0, 0.05) is 57.4 Å². The SMILES string of the molecule is CN(C)c1ncc2c(n1)C1(CCN(Cc3cc(-c4ccncc4)no3)CC1)OCC2. The normalized spacial score (nSPS) is 18.3. The molecule has 0 radical (unpaired) electrons. The Morgan fingerprint density at radius 1 is 1.17 bits per heavy atom. The van der Waals surface area contributed by atoms with Crippen molar-refractivity contribution in [3.63, 3.8) is 0 Å². The van der Waals surface area contributed by atoms with E-state index in [9.17, 15) is 0 Å². The third kappa shape index (κ3) is 3.57. The zero-order valence-electron chi connectivity index (χ0n) is 17.4. The second kappa shape index (κ2) is 7.77. The van der Waals surface area contributed by atoms with Crippen LogP contribution in [0.25, 0.3) is 11.3 Å². The molecule has 8 nitrogen and oxygen atoms in total. The van der Waals surface area contributed by atoms with Gasteiger partial charge in [-0.25, -0.2) is 9.97 Å². The molecular weight excluding hydrogens is 380 g/mol. The lowest BCUT2D eigenvalue weighted by Gasteiger charge is -2.44. The zero-order chi connectivity index (χ0) is 20.6. The Bertz CT molecular complexity index is 1010. The molecule has 3 aromatic heterocycles. The number of fused-ring (bicyclic) bond motifs is 2. The summed E-state index contributed by atoms with van der Waals surface area (Å²) in [4.78, 5) is 17.8. The predicted octanol–water partition coefficient (Wildman–Crippen LogP) is 2.66. The summed E-state index contributed by atoms with van der Waals surface area (Å²) in [5.74, 6) is 1.62. The van der Waals surface area contributed by atoms with E-state index in [-0.39, 0.29) is 5.60 Å². The molecule has 2 aliphatic rings. The molecule has 156 valence electrons. The summed E-state index contributed by atoms with van der Waals surface area (Å²) in [5, 5.41) is 4.22. The van der Waals surface area contributed by atoms with E-state index in [4.69, 9.17) is 14.2 Å². The maximum absolute atomic E-state index is 6.35. The molecule has 5 heterocycles. The Labute approximate surface area is 175 Å². The average Bonchev–Trinajstić information content (AvgIpc) is 3.25. The van der Waals surface area contributed by atoms with Crippen LogP contribution >= 0.6 is 0 Å². The molecule has 0 atom stereocenters. The quantitative estimate of drug-likeness (QED) is 0.654. The lowest BCUT2D eigenvalue weighted by Crippen LogP contribution is -2.47. The van der Waals surface area contributed by atoms with Gasteiger partial charge in [0.05, 0.1) is 18.8 Å². The average molecular weight is 406 g/mol. The molecule has 1 spiro atoms. The number of pyridine rings is 1. The third-order valence-corrected chi connectivity index (χ3v) is 6.01. The van der Waals surface area contributed by atoms with Crippen LogP contribution in [0.2, 0.25) is 0 Å². The molecule has 2 aliphatic heterocycles. The standard InChI is InChI=1S/C22H26N6O2/c1-27(2)21-24-14-17-5-12-29-22(20(17)25-21)6-10-28(11-7-22)15-18-13-19(26-30-18)16-3-8-23-9-4-16/h3-4,8-9,13-14H,5-7,10-12,15H2,1-2H3. The number of ether oxygens (including phenoxy) is 1. The first-order chi connectivity index (χ1) is 14.6. The summed E-state index contributed by atoms with van der Waals surface area (Å²) in [7, 11) is 3.94.